The molecule has 176 valence electrons. The number of aliphatic hydroxyl groups is 1. The van der Waals surface area contributed by atoms with E-state index in [-0.39, 0.29) is 11.5 Å². The Morgan fingerprint density at radius 3 is 2.00 bits per heavy atom. The van der Waals surface area contributed by atoms with Crippen LogP contribution in [0.5, 0.6) is 0 Å². The van der Waals surface area contributed by atoms with Crippen molar-refractivity contribution < 1.29 is 5.11 Å². The van der Waals surface area contributed by atoms with Crippen LogP contribution < -0.4 is 0 Å². The van der Waals surface area contributed by atoms with Gasteiger partial charge in [-0.25, -0.2) is 0 Å². The highest BCUT2D eigenvalue weighted by Crippen LogP contribution is 2.74. The van der Waals surface area contributed by atoms with Crippen LogP contribution in [0.4, 0.5) is 0 Å². The molecule has 4 fully saturated rings. The van der Waals surface area contributed by atoms with Gasteiger partial charge in [0.05, 0.1) is 6.10 Å². The van der Waals surface area contributed by atoms with Crippen molar-refractivity contribution in [2.45, 2.75) is 126 Å². The molecule has 5 rings (SSSR count). The zero-order valence-corrected chi connectivity index (χ0v) is 21.9. The van der Waals surface area contributed by atoms with Gasteiger partial charge in [0.15, 0.2) is 0 Å². The lowest BCUT2D eigenvalue weighted by Crippen LogP contribution is -2.63. The number of allylic oxidation sites excluding steroid dienone is 2. The maximum atomic E-state index is 10.9. The summed E-state index contributed by atoms with van der Waals surface area (Å²) in [5.74, 6) is 2.29. The molecule has 0 heterocycles. The molecule has 5 aliphatic carbocycles. The lowest BCUT2D eigenvalue weighted by molar-refractivity contribution is -0.184. The van der Waals surface area contributed by atoms with Gasteiger partial charge in [-0.3, -0.25) is 0 Å². The molecule has 1 N–H and O–H groups in total. The summed E-state index contributed by atoms with van der Waals surface area (Å²) in [4.78, 5) is 0. The van der Waals surface area contributed by atoms with Crippen LogP contribution in [0.25, 0.3) is 0 Å². The molecule has 0 unspecified atom stereocenters. The van der Waals surface area contributed by atoms with E-state index in [1.54, 1.807) is 0 Å². The lowest BCUT2D eigenvalue weighted by Gasteiger charge is -2.70. The zero-order chi connectivity index (χ0) is 22.7. The zero-order valence-electron chi connectivity index (χ0n) is 21.9. The molecule has 0 aromatic rings. The molecule has 1 nitrogen and oxygen atoms in total. The molecule has 0 aromatic carbocycles. The van der Waals surface area contributed by atoms with Crippen LogP contribution in [-0.2, 0) is 0 Å². The fourth-order valence-electron chi connectivity index (χ4n) is 10.8. The summed E-state index contributed by atoms with van der Waals surface area (Å²) in [6.07, 6.45) is 15.8. The first kappa shape index (κ1) is 22.5. The van der Waals surface area contributed by atoms with E-state index in [1.807, 2.05) is 5.57 Å². The van der Waals surface area contributed by atoms with E-state index >= 15 is 0 Å². The number of fused-ring (bicyclic) bond motifs is 7. The Labute approximate surface area is 192 Å². The highest BCUT2D eigenvalue weighted by molar-refractivity contribution is 5.34. The van der Waals surface area contributed by atoms with E-state index in [1.165, 1.54) is 57.8 Å². The van der Waals surface area contributed by atoms with Gasteiger partial charge in [-0.2, -0.15) is 0 Å². The van der Waals surface area contributed by atoms with Crippen molar-refractivity contribution >= 4 is 0 Å². The minimum absolute atomic E-state index is 0.0575. The second kappa shape index (κ2) is 6.43. The van der Waals surface area contributed by atoms with Crippen LogP contribution in [0.3, 0.4) is 0 Å². The molecule has 0 amide bonds. The van der Waals surface area contributed by atoms with E-state index in [9.17, 15) is 5.11 Å². The molecular weight excluding hydrogens is 376 g/mol. The Kier molecular flexibility index (Phi) is 4.66. The van der Waals surface area contributed by atoms with Crippen LogP contribution in [-0.4, -0.2) is 11.2 Å². The Hall–Kier alpha value is -0.300. The molecule has 4 saturated carbocycles. The van der Waals surface area contributed by atoms with Crippen LogP contribution in [0, 0.1) is 50.2 Å². The van der Waals surface area contributed by atoms with Crippen molar-refractivity contribution in [1.29, 1.82) is 0 Å². The molecule has 5 aliphatic rings. The molecule has 1 heteroatoms. The largest absolute Gasteiger partial charge is 0.393 e. The topological polar surface area (TPSA) is 20.2 Å². The van der Waals surface area contributed by atoms with Gasteiger partial charge < -0.3 is 5.11 Å². The third-order valence-corrected chi connectivity index (χ3v) is 12.7. The standard InChI is InChI=1S/C30H50O/c1-25(2)17-18-27(5)13-9-21-29(7)14-10-20-26(3,4)24(31)12-16-28(20,6)22(29)11-15-30(21,8)23(27)19-25/h9,20,22-24,31H,10-19H2,1-8H3/t20-,22-,23+,24-,27-,28-,29-,30+/m0/s1. The number of rotatable bonds is 0. The maximum Gasteiger partial charge on any atom is 0.0594 e. The predicted molar refractivity (Wildman–Crippen MR) is 131 cm³/mol. The van der Waals surface area contributed by atoms with E-state index < -0.39 is 0 Å². The fraction of sp³-hybridized carbons (Fsp3) is 0.933. The van der Waals surface area contributed by atoms with Crippen molar-refractivity contribution in [3.8, 4) is 0 Å². The monoisotopic (exact) mass is 426 g/mol. The normalized spacial score (nSPS) is 55.2. The highest BCUT2D eigenvalue weighted by Gasteiger charge is 2.66. The Balaban J connectivity index is 1.56. The quantitative estimate of drug-likeness (QED) is 0.387. The summed E-state index contributed by atoms with van der Waals surface area (Å²) >= 11 is 0. The number of aliphatic hydroxyl groups excluding tert-OH is 1. The van der Waals surface area contributed by atoms with Gasteiger partial charge >= 0.3 is 0 Å². The SMILES string of the molecule is CC1(C)CC[C@]2(C)CC=C3[C@]4(C)CC[C@H]5C(C)(C)[C@@H](O)CC[C@]5(C)[C@@H]4CC[C@@]3(C)[C@@H]2C1. The first-order chi connectivity index (χ1) is 14.2. The van der Waals surface area contributed by atoms with Crippen molar-refractivity contribution in [1.82, 2.24) is 0 Å². The van der Waals surface area contributed by atoms with Crippen LogP contribution in [0.1, 0.15) is 120 Å². The van der Waals surface area contributed by atoms with Crippen LogP contribution in [0.15, 0.2) is 11.6 Å². The minimum atomic E-state index is -0.122. The molecule has 0 spiro atoms. The molecule has 0 radical (unpaired) electrons. The number of hydrogen-bond donors (Lipinski definition) is 1. The van der Waals surface area contributed by atoms with Crippen molar-refractivity contribution in [2.24, 2.45) is 50.2 Å². The Morgan fingerprint density at radius 1 is 0.710 bits per heavy atom. The third-order valence-electron chi connectivity index (χ3n) is 12.7. The molecule has 8 atom stereocenters. The summed E-state index contributed by atoms with van der Waals surface area (Å²) in [5, 5.41) is 10.9. The average Bonchev–Trinajstić information content (AvgIpc) is 2.66. The van der Waals surface area contributed by atoms with Gasteiger partial charge in [-0.15, -0.1) is 0 Å². The van der Waals surface area contributed by atoms with Gasteiger partial charge in [0.1, 0.15) is 0 Å². The first-order valence-electron chi connectivity index (χ1n) is 13.6. The van der Waals surface area contributed by atoms with E-state index in [0.717, 1.165) is 18.3 Å². The van der Waals surface area contributed by atoms with Gasteiger partial charge in [-0.1, -0.05) is 67.0 Å². The van der Waals surface area contributed by atoms with Crippen LogP contribution in [0.2, 0.25) is 0 Å². The van der Waals surface area contributed by atoms with Gasteiger partial charge in [-0.05, 0) is 114 Å². The van der Waals surface area contributed by atoms with Gasteiger partial charge in [0.2, 0.25) is 0 Å². The molecular formula is C30H50O. The van der Waals surface area contributed by atoms with Crippen LogP contribution >= 0.6 is 0 Å². The predicted octanol–water partition coefficient (Wildman–Crippen LogP) is 8.17. The summed E-state index contributed by atoms with van der Waals surface area (Å²) in [5.41, 5.74) is 4.07. The second-order valence-electron chi connectivity index (χ2n) is 15.3. The van der Waals surface area contributed by atoms with Gasteiger partial charge in [0.25, 0.3) is 0 Å². The second-order valence-corrected chi connectivity index (χ2v) is 15.3. The van der Waals surface area contributed by atoms with E-state index in [4.69, 9.17) is 0 Å². The first-order valence-corrected chi connectivity index (χ1v) is 13.6. The molecule has 0 saturated heterocycles. The van der Waals surface area contributed by atoms with Crippen molar-refractivity contribution in [2.75, 3.05) is 0 Å². The van der Waals surface area contributed by atoms with Gasteiger partial charge in [0, 0.05) is 0 Å². The Bertz CT molecular complexity index is 790. The lowest BCUT2D eigenvalue weighted by atomic mass is 9.35. The minimum Gasteiger partial charge on any atom is -0.393 e. The summed E-state index contributed by atoms with van der Waals surface area (Å²) in [6, 6.07) is 0. The highest BCUT2D eigenvalue weighted by atomic mass is 16.3. The van der Waals surface area contributed by atoms with E-state index in [0.29, 0.717) is 33.0 Å². The summed E-state index contributed by atoms with van der Waals surface area (Å²) < 4.78 is 0. The fourth-order valence-corrected chi connectivity index (χ4v) is 10.8. The van der Waals surface area contributed by atoms with Crippen molar-refractivity contribution in [3.05, 3.63) is 11.6 Å². The molecule has 0 aliphatic heterocycles. The third kappa shape index (κ3) is 2.83. The molecule has 0 aromatic heterocycles. The smallest absolute Gasteiger partial charge is 0.0594 e. The Morgan fingerprint density at radius 2 is 1.32 bits per heavy atom. The maximum absolute atomic E-state index is 10.9. The van der Waals surface area contributed by atoms with Crippen molar-refractivity contribution in [3.63, 3.8) is 0 Å². The average molecular weight is 427 g/mol. The number of hydrogen-bond acceptors (Lipinski definition) is 1. The molecule has 31 heavy (non-hydrogen) atoms. The summed E-state index contributed by atoms with van der Waals surface area (Å²) in [7, 11) is 0. The van der Waals surface area contributed by atoms with E-state index in [2.05, 4.69) is 61.5 Å². The molecule has 0 bridgehead atoms. The summed E-state index contributed by atoms with van der Waals surface area (Å²) in [6.45, 7) is 20.4.